The summed E-state index contributed by atoms with van der Waals surface area (Å²) in [6.07, 6.45) is 3.52. The van der Waals surface area contributed by atoms with Gasteiger partial charge in [-0.1, -0.05) is 72.8 Å². The first-order valence-corrected chi connectivity index (χ1v) is 12.2. The van der Waals surface area contributed by atoms with E-state index in [0.717, 1.165) is 18.7 Å². The molecule has 4 aromatic carbocycles. The summed E-state index contributed by atoms with van der Waals surface area (Å²) in [5, 5.41) is 9.20. The van der Waals surface area contributed by atoms with Gasteiger partial charge in [0.05, 0.1) is 12.2 Å². The van der Waals surface area contributed by atoms with Crippen LogP contribution in [0.15, 0.2) is 97.3 Å². The number of rotatable bonds is 3. The average Bonchev–Trinajstić information content (AvgIpc) is 3.35. The standard InChI is InChI=1S/C30H28N4O/c1-22-20-31-34(21-22)30(35)33-16-14-32(15-17-33)29(27-12-10-23-6-2-4-8-25(23)18-27)28-13-11-24-7-3-5-9-26(24)19-28/h2-13,18-21,29H,14-17H2,1H3. The highest BCUT2D eigenvalue weighted by Crippen LogP contribution is 2.33. The smallest absolute Gasteiger partial charge is 0.320 e. The molecule has 6 rings (SSSR count). The second-order valence-electron chi connectivity index (χ2n) is 9.38. The maximum absolute atomic E-state index is 12.9. The van der Waals surface area contributed by atoms with Crippen LogP contribution >= 0.6 is 0 Å². The summed E-state index contributed by atoms with van der Waals surface area (Å²) in [7, 11) is 0. The zero-order chi connectivity index (χ0) is 23.8. The van der Waals surface area contributed by atoms with Crippen LogP contribution in [0.5, 0.6) is 0 Å². The fourth-order valence-electron chi connectivity index (χ4n) is 5.20. The lowest BCUT2D eigenvalue weighted by atomic mass is 9.93. The average molecular weight is 461 g/mol. The SMILES string of the molecule is Cc1cnn(C(=O)N2CCN(C(c3ccc4ccccc4c3)c3ccc4ccccc4c3)CC2)c1. The van der Waals surface area contributed by atoms with E-state index in [9.17, 15) is 4.79 Å². The summed E-state index contributed by atoms with van der Waals surface area (Å²) in [6, 6.07) is 30.7. The topological polar surface area (TPSA) is 41.4 Å². The number of aromatic nitrogens is 2. The van der Waals surface area contributed by atoms with Crippen molar-refractivity contribution >= 4 is 27.6 Å². The lowest BCUT2D eigenvalue weighted by molar-refractivity contribution is 0.119. The lowest BCUT2D eigenvalue weighted by Gasteiger charge is -2.39. The predicted octanol–water partition coefficient (Wildman–Crippen LogP) is 5.87. The summed E-state index contributed by atoms with van der Waals surface area (Å²) in [5.74, 6) is 0. The predicted molar refractivity (Wildman–Crippen MR) is 141 cm³/mol. The third-order valence-corrected chi connectivity index (χ3v) is 7.04. The molecule has 1 aromatic heterocycles. The number of hydrogen-bond donors (Lipinski definition) is 0. The number of hydrogen-bond acceptors (Lipinski definition) is 3. The van der Waals surface area contributed by atoms with Gasteiger partial charge in [0.1, 0.15) is 0 Å². The van der Waals surface area contributed by atoms with Crippen LogP contribution in [0, 0.1) is 6.92 Å². The number of aryl methyl sites for hydroxylation is 1. The van der Waals surface area contributed by atoms with Gasteiger partial charge in [0.25, 0.3) is 0 Å². The fourth-order valence-corrected chi connectivity index (χ4v) is 5.20. The molecule has 1 fully saturated rings. The Bertz CT molecular complexity index is 1430. The van der Waals surface area contributed by atoms with E-state index < -0.39 is 0 Å². The van der Waals surface area contributed by atoms with Crippen LogP contribution in [0.2, 0.25) is 0 Å². The molecule has 5 aromatic rings. The molecule has 5 nitrogen and oxygen atoms in total. The first kappa shape index (κ1) is 21.6. The number of nitrogens with zero attached hydrogens (tertiary/aromatic N) is 4. The molecule has 0 atom stereocenters. The van der Waals surface area contributed by atoms with Crippen molar-refractivity contribution in [3.05, 3.63) is 114 Å². The van der Waals surface area contributed by atoms with E-state index in [0.29, 0.717) is 13.1 Å². The van der Waals surface area contributed by atoms with Crippen molar-refractivity contribution in [3.8, 4) is 0 Å². The van der Waals surface area contributed by atoms with Crippen LogP contribution in [-0.2, 0) is 0 Å². The summed E-state index contributed by atoms with van der Waals surface area (Å²) in [6.45, 7) is 4.91. The molecule has 0 saturated carbocycles. The maximum Gasteiger partial charge on any atom is 0.344 e. The molecule has 0 aliphatic carbocycles. The highest BCUT2D eigenvalue weighted by Gasteiger charge is 2.29. The van der Waals surface area contributed by atoms with Crippen LogP contribution in [-0.4, -0.2) is 51.8 Å². The number of piperazine rings is 1. The van der Waals surface area contributed by atoms with Gasteiger partial charge < -0.3 is 4.90 Å². The van der Waals surface area contributed by atoms with Gasteiger partial charge >= 0.3 is 6.03 Å². The van der Waals surface area contributed by atoms with Gasteiger partial charge in [0.2, 0.25) is 0 Å². The molecule has 0 N–H and O–H groups in total. The first-order valence-electron chi connectivity index (χ1n) is 12.2. The quantitative estimate of drug-likeness (QED) is 0.338. The third-order valence-electron chi connectivity index (χ3n) is 7.04. The van der Waals surface area contributed by atoms with Gasteiger partial charge in [-0.15, -0.1) is 0 Å². The summed E-state index contributed by atoms with van der Waals surface area (Å²) < 4.78 is 1.45. The van der Waals surface area contributed by atoms with E-state index in [4.69, 9.17) is 0 Å². The van der Waals surface area contributed by atoms with E-state index in [1.54, 1.807) is 12.4 Å². The normalized spacial score (nSPS) is 14.7. The highest BCUT2D eigenvalue weighted by molar-refractivity contribution is 5.85. The lowest BCUT2D eigenvalue weighted by Crippen LogP contribution is -2.51. The molecular weight excluding hydrogens is 432 g/mol. The zero-order valence-corrected chi connectivity index (χ0v) is 19.8. The Morgan fingerprint density at radius 1 is 0.743 bits per heavy atom. The van der Waals surface area contributed by atoms with Crippen LogP contribution in [0.3, 0.4) is 0 Å². The van der Waals surface area contributed by atoms with E-state index in [1.807, 2.05) is 11.8 Å². The third kappa shape index (κ3) is 4.19. The number of fused-ring (bicyclic) bond motifs is 2. The van der Waals surface area contributed by atoms with Crippen molar-refractivity contribution < 1.29 is 4.79 Å². The molecule has 1 amide bonds. The molecule has 0 spiro atoms. The second kappa shape index (κ2) is 9.01. The zero-order valence-electron chi connectivity index (χ0n) is 19.8. The Balaban J connectivity index is 1.33. The molecule has 0 unspecified atom stereocenters. The Labute approximate surface area is 205 Å². The molecule has 1 aliphatic rings. The van der Waals surface area contributed by atoms with E-state index in [-0.39, 0.29) is 12.1 Å². The van der Waals surface area contributed by atoms with Crippen molar-refractivity contribution in [2.75, 3.05) is 26.2 Å². The second-order valence-corrected chi connectivity index (χ2v) is 9.38. The number of carbonyl (C=O) groups excluding carboxylic acids is 1. The Kier molecular flexibility index (Phi) is 5.55. The van der Waals surface area contributed by atoms with Crippen LogP contribution < -0.4 is 0 Å². The molecule has 35 heavy (non-hydrogen) atoms. The molecule has 5 heteroatoms. The number of amides is 1. The molecule has 2 heterocycles. The summed E-state index contributed by atoms with van der Waals surface area (Å²) in [5.41, 5.74) is 3.55. The molecule has 0 bridgehead atoms. The molecule has 0 radical (unpaired) electrons. The summed E-state index contributed by atoms with van der Waals surface area (Å²) >= 11 is 0. The Morgan fingerprint density at radius 2 is 1.29 bits per heavy atom. The van der Waals surface area contributed by atoms with Crippen LogP contribution in [0.25, 0.3) is 21.5 Å². The molecule has 1 saturated heterocycles. The fraction of sp³-hybridized carbons (Fsp3) is 0.200. The van der Waals surface area contributed by atoms with Gasteiger partial charge in [-0.3, -0.25) is 4.90 Å². The largest absolute Gasteiger partial charge is 0.344 e. The summed E-state index contributed by atoms with van der Waals surface area (Å²) in [4.78, 5) is 17.3. The van der Waals surface area contributed by atoms with Crippen molar-refractivity contribution in [1.82, 2.24) is 19.6 Å². The van der Waals surface area contributed by atoms with E-state index >= 15 is 0 Å². The van der Waals surface area contributed by atoms with Crippen molar-refractivity contribution in [2.45, 2.75) is 13.0 Å². The maximum atomic E-state index is 12.9. The van der Waals surface area contributed by atoms with Crippen molar-refractivity contribution in [2.24, 2.45) is 0 Å². The van der Waals surface area contributed by atoms with Gasteiger partial charge in [-0.05, 0) is 57.3 Å². The van der Waals surface area contributed by atoms with Crippen molar-refractivity contribution in [3.63, 3.8) is 0 Å². The van der Waals surface area contributed by atoms with Gasteiger partial charge in [0, 0.05) is 32.4 Å². The van der Waals surface area contributed by atoms with Crippen LogP contribution in [0.4, 0.5) is 4.79 Å². The van der Waals surface area contributed by atoms with E-state index in [2.05, 4.69) is 94.9 Å². The highest BCUT2D eigenvalue weighted by atomic mass is 16.2. The van der Waals surface area contributed by atoms with Gasteiger partial charge in [-0.25, -0.2) is 4.79 Å². The van der Waals surface area contributed by atoms with Crippen LogP contribution in [0.1, 0.15) is 22.7 Å². The van der Waals surface area contributed by atoms with Crippen molar-refractivity contribution in [1.29, 1.82) is 0 Å². The number of carbonyl (C=O) groups is 1. The Morgan fingerprint density at radius 3 is 1.80 bits per heavy atom. The van der Waals surface area contributed by atoms with E-state index in [1.165, 1.54) is 37.4 Å². The first-order chi connectivity index (χ1) is 17.2. The number of benzene rings is 4. The minimum Gasteiger partial charge on any atom is -0.320 e. The minimum absolute atomic E-state index is 0.0503. The Hall–Kier alpha value is -3.96. The van der Waals surface area contributed by atoms with Gasteiger partial charge in [-0.2, -0.15) is 9.78 Å². The molecule has 1 aliphatic heterocycles. The van der Waals surface area contributed by atoms with Gasteiger partial charge in [0.15, 0.2) is 0 Å². The molecular formula is C30H28N4O. The minimum atomic E-state index is -0.0503. The monoisotopic (exact) mass is 460 g/mol. The molecule has 174 valence electrons.